The zero-order valence-electron chi connectivity index (χ0n) is 13.2. The van der Waals surface area contributed by atoms with Crippen LogP contribution in [0.2, 0.25) is 5.28 Å². The van der Waals surface area contributed by atoms with Crippen molar-refractivity contribution in [3.8, 4) is 5.75 Å². The highest BCUT2D eigenvalue weighted by Crippen LogP contribution is 2.21. The summed E-state index contributed by atoms with van der Waals surface area (Å²) in [5.74, 6) is 1.74. The van der Waals surface area contributed by atoms with E-state index in [4.69, 9.17) is 16.3 Å². The fourth-order valence-electron chi connectivity index (χ4n) is 2.31. The molecule has 0 spiro atoms. The Kier molecular flexibility index (Phi) is 4.34. The van der Waals surface area contributed by atoms with E-state index in [9.17, 15) is 0 Å². The number of fused-ring (bicyclic) bond motifs is 1. The molecule has 0 aliphatic heterocycles. The number of benzene rings is 1. The minimum Gasteiger partial charge on any atom is -0.497 e. The van der Waals surface area contributed by atoms with Gasteiger partial charge in [-0.25, -0.2) is 9.50 Å². The Bertz CT molecular complexity index is 813. The molecule has 0 saturated carbocycles. The number of imidazole rings is 1. The van der Waals surface area contributed by atoms with Crippen molar-refractivity contribution in [3.63, 3.8) is 0 Å². The SMILES string of the molecule is COc1ccc(CNc2nc(Cl)nn3c(C(C)C)cnc23)cc1. The molecule has 3 aromatic rings. The van der Waals surface area contributed by atoms with Crippen molar-refractivity contribution in [3.05, 3.63) is 47.0 Å². The summed E-state index contributed by atoms with van der Waals surface area (Å²) >= 11 is 6.05. The first-order valence-electron chi connectivity index (χ1n) is 7.36. The third-order valence-corrected chi connectivity index (χ3v) is 3.73. The molecule has 0 aliphatic carbocycles. The molecule has 0 amide bonds. The standard InChI is InChI=1S/C16H18ClN5O/c1-10(2)13-9-19-15-14(20-16(17)21-22(13)15)18-8-11-4-6-12(23-3)7-5-11/h4-7,9-10H,8H2,1-3H3,(H,18,20,21). The molecule has 120 valence electrons. The van der Waals surface area contributed by atoms with E-state index in [1.165, 1.54) is 0 Å². The van der Waals surface area contributed by atoms with Gasteiger partial charge in [-0.2, -0.15) is 4.98 Å². The number of rotatable bonds is 5. The predicted octanol–water partition coefficient (Wildman–Crippen LogP) is 3.52. The molecule has 2 aromatic heterocycles. The Morgan fingerprint density at radius 1 is 1.26 bits per heavy atom. The van der Waals surface area contributed by atoms with Crippen LogP contribution in [-0.4, -0.2) is 26.7 Å². The van der Waals surface area contributed by atoms with Gasteiger partial charge in [-0.05, 0) is 35.2 Å². The van der Waals surface area contributed by atoms with Gasteiger partial charge in [-0.15, -0.1) is 5.10 Å². The predicted molar refractivity (Wildman–Crippen MR) is 90.2 cm³/mol. The highest BCUT2D eigenvalue weighted by atomic mass is 35.5. The van der Waals surface area contributed by atoms with Crippen LogP contribution in [0, 0.1) is 0 Å². The second-order valence-electron chi connectivity index (χ2n) is 5.50. The van der Waals surface area contributed by atoms with Gasteiger partial charge in [-0.3, -0.25) is 0 Å². The summed E-state index contributed by atoms with van der Waals surface area (Å²) in [5.41, 5.74) is 2.78. The molecule has 3 rings (SSSR count). The summed E-state index contributed by atoms with van der Waals surface area (Å²) in [5, 5.41) is 7.71. The van der Waals surface area contributed by atoms with Crippen molar-refractivity contribution in [1.82, 2.24) is 19.6 Å². The van der Waals surface area contributed by atoms with Gasteiger partial charge in [-0.1, -0.05) is 26.0 Å². The van der Waals surface area contributed by atoms with E-state index in [1.807, 2.05) is 30.5 Å². The van der Waals surface area contributed by atoms with E-state index < -0.39 is 0 Å². The van der Waals surface area contributed by atoms with E-state index in [0.29, 0.717) is 23.9 Å². The topological polar surface area (TPSA) is 64.3 Å². The van der Waals surface area contributed by atoms with E-state index in [2.05, 4.69) is 34.2 Å². The van der Waals surface area contributed by atoms with Gasteiger partial charge in [0.2, 0.25) is 5.28 Å². The molecule has 7 heteroatoms. The Morgan fingerprint density at radius 2 is 2.00 bits per heavy atom. The van der Waals surface area contributed by atoms with E-state index in [-0.39, 0.29) is 5.28 Å². The molecule has 1 aromatic carbocycles. The zero-order chi connectivity index (χ0) is 16.4. The molecule has 1 N–H and O–H groups in total. The van der Waals surface area contributed by atoms with Crippen LogP contribution < -0.4 is 10.1 Å². The van der Waals surface area contributed by atoms with Crippen LogP contribution in [0.1, 0.15) is 31.0 Å². The minimum absolute atomic E-state index is 0.189. The zero-order valence-corrected chi connectivity index (χ0v) is 14.0. The van der Waals surface area contributed by atoms with Crippen molar-refractivity contribution in [2.45, 2.75) is 26.3 Å². The molecule has 0 radical (unpaired) electrons. The highest BCUT2D eigenvalue weighted by Gasteiger charge is 2.14. The second-order valence-corrected chi connectivity index (χ2v) is 5.84. The van der Waals surface area contributed by atoms with Crippen LogP contribution in [0.5, 0.6) is 5.75 Å². The number of methoxy groups -OCH3 is 1. The van der Waals surface area contributed by atoms with Crippen LogP contribution >= 0.6 is 11.6 Å². The van der Waals surface area contributed by atoms with Crippen LogP contribution in [-0.2, 0) is 6.54 Å². The molecule has 6 nitrogen and oxygen atoms in total. The average molecular weight is 332 g/mol. The summed E-state index contributed by atoms with van der Waals surface area (Å²) in [4.78, 5) is 8.68. The average Bonchev–Trinajstić information content (AvgIpc) is 2.97. The Morgan fingerprint density at radius 3 is 2.65 bits per heavy atom. The number of hydrogen-bond donors (Lipinski definition) is 1. The van der Waals surface area contributed by atoms with Gasteiger partial charge in [0.25, 0.3) is 0 Å². The lowest BCUT2D eigenvalue weighted by Crippen LogP contribution is -2.08. The van der Waals surface area contributed by atoms with Gasteiger partial charge >= 0.3 is 0 Å². The Balaban J connectivity index is 1.87. The first-order chi connectivity index (χ1) is 11.1. The lowest BCUT2D eigenvalue weighted by molar-refractivity contribution is 0.414. The largest absolute Gasteiger partial charge is 0.497 e. The van der Waals surface area contributed by atoms with Crippen molar-refractivity contribution in [2.75, 3.05) is 12.4 Å². The molecule has 0 saturated heterocycles. The maximum atomic E-state index is 6.05. The number of halogens is 1. The monoisotopic (exact) mass is 331 g/mol. The minimum atomic E-state index is 0.189. The van der Waals surface area contributed by atoms with Crippen LogP contribution in [0.4, 0.5) is 5.82 Å². The van der Waals surface area contributed by atoms with E-state index in [0.717, 1.165) is 17.0 Å². The van der Waals surface area contributed by atoms with Crippen LogP contribution in [0.3, 0.4) is 0 Å². The van der Waals surface area contributed by atoms with Crippen molar-refractivity contribution in [1.29, 1.82) is 0 Å². The summed E-state index contributed by atoms with van der Waals surface area (Å²) in [6, 6.07) is 7.84. The summed E-state index contributed by atoms with van der Waals surface area (Å²) in [7, 11) is 1.65. The van der Waals surface area contributed by atoms with Gasteiger partial charge in [0, 0.05) is 6.54 Å². The molecule has 0 aliphatic rings. The number of nitrogens with zero attached hydrogens (tertiary/aromatic N) is 4. The van der Waals surface area contributed by atoms with E-state index >= 15 is 0 Å². The van der Waals surface area contributed by atoms with E-state index in [1.54, 1.807) is 11.6 Å². The Labute approximate surface area is 139 Å². The maximum Gasteiger partial charge on any atom is 0.243 e. The number of aromatic nitrogens is 4. The lowest BCUT2D eigenvalue weighted by Gasteiger charge is -2.09. The quantitative estimate of drug-likeness (QED) is 0.775. The van der Waals surface area contributed by atoms with Gasteiger partial charge in [0.1, 0.15) is 5.75 Å². The number of hydrogen-bond acceptors (Lipinski definition) is 5. The molecular weight excluding hydrogens is 314 g/mol. The van der Waals surface area contributed by atoms with Gasteiger partial charge < -0.3 is 10.1 Å². The first kappa shape index (κ1) is 15.6. The van der Waals surface area contributed by atoms with Crippen molar-refractivity contribution >= 4 is 23.1 Å². The summed E-state index contributed by atoms with van der Waals surface area (Å²) in [6.07, 6.45) is 1.81. The maximum absolute atomic E-state index is 6.05. The Hall–Kier alpha value is -2.34. The highest BCUT2D eigenvalue weighted by molar-refractivity contribution is 6.28. The van der Waals surface area contributed by atoms with Crippen LogP contribution in [0.25, 0.3) is 5.65 Å². The molecule has 0 fully saturated rings. The normalized spacial score (nSPS) is 11.2. The molecule has 2 heterocycles. The van der Waals surface area contributed by atoms with Gasteiger partial charge in [0.15, 0.2) is 11.5 Å². The third kappa shape index (κ3) is 3.22. The molecule has 0 bridgehead atoms. The fraction of sp³-hybridized carbons (Fsp3) is 0.312. The molecular formula is C16H18ClN5O. The third-order valence-electron chi connectivity index (χ3n) is 3.57. The van der Waals surface area contributed by atoms with Crippen molar-refractivity contribution in [2.24, 2.45) is 0 Å². The number of anilines is 1. The second kappa shape index (κ2) is 6.42. The van der Waals surface area contributed by atoms with Crippen LogP contribution in [0.15, 0.2) is 30.5 Å². The fourth-order valence-corrected chi connectivity index (χ4v) is 2.47. The smallest absolute Gasteiger partial charge is 0.243 e. The number of ether oxygens (including phenoxy) is 1. The number of nitrogens with one attached hydrogen (secondary N) is 1. The summed E-state index contributed by atoms with van der Waals surface area (Å²) in [6.45, 7) is 4.78. The first-order valence-corrected chi connectivity index (χ1v) is 7.74. The summed E-state index contributed by atoms with van der Waals surface area (Å²) < 4.78 is 6.91. The lowest BCUT2D eigenvalue weighted by atomic mass is 10.2. The molecule has 23 heavy (non-hydrogen) atoms. The van der Waals surface area contributed by atoms with Gasteiger partial charge in [0.05, 0.1) is 19.0 Å². The van der Waals surface area contributed by atoms with Crippen molar-refractivity contribution < 1.29 is 4.74 Å². The molecule has 0 atom stereocenters. The molecule has 0 unspecified atom stereocenters.